The fraction of sp³-hybridized carbons (Fsp3) is 0.231. The van der Waals surface area contributed by atoms with E-state index >= 15 is 0 Å². The Kier molecular flexibility index (Phi) is 7.44. The number of methoxy groups -OCH3 is 1. The van der Waals surface area contributed by atoms with Crippen molar-refractivity contribution in [2.45, 2.75) is 25.3 Å². The number of amides is 1. The van der Waals surface area contributed by atoms with Gasteiger partial charge in [-0.2, -0.15) is 0 Å². The Labute approximate surface area is 218 Å². The normalized spacial score (nSPS) is 12.2. The lowest BCUT2D eigenvalue weighted by atomic mass is 10.0. The lowest BCUT2D eigenvalue weighted by molar-refractivity contribution is -0.124. The highest BCUT2D eigenvalue weighted by atomic mass is 32.2. The third-order valence-corrected chi connectivity index (χ3v) is 7.44. The topological polar surface area (TPSA) is 132 Å². The maximum absolute atomic E-state index is 14.6. The molecule has 0 unspecified atom stereocenters. The summed E-state index contributed by atoms with van der Waals surface area (Å²) in [7, 11) is -1.45. The minimum Gasteiger partial charge on any atom is -0.480 e. The first-order chi connectivity index (χ1) is 18.1. The minimum atomic E-state index is -4.31. The lowest BCUT2D eigenvalue weighted by Gasteiger charge is -2.14. The number of carbonyl (C=O) groups is 1. The second kappa shape index (κ2) is 10.6. The molecule has 0 aliphatic heterocycles. The average molecular weight is 540 g/mol. The van der Waals surface area contributed by atoms with Crippen molar-refractivity contribution < 1.29 is 22.3 Å². The molecule has 0 spiro atoms. The van der Waals surface area contributed by atoms with E-state index in [1.54, 1.807) is 25.1 Å². The maximum atomic E-state index is 14.6. The largest absolute Gasteiger partial charge is 0.480 e. The SMILES string of the molecule is CNC(=O)[C@H](C)Cn1cnc2ccc(-c3cnc(OC)c(NS(=O)(=O)c4cccc(C)c4F)c3)cc2c1=O. The molecule has 2 aromatic heterocycles. The Hall–Kier alpha value is -4.32. The van der Waals surface area contributed by atoms with Gasteiger partial charge in [-0.3, -0.25) is 18.9 Å². The molecule has 2 N–H and O–H groups in total. The number of pyridine rings is 1. The molecule has 2 aromatic carbocycles. The van der Waals surface area contributed by atoms with Crippen molar-refractivity contribution in [3.8, 4) is 17.0 Å². The summed E-state index contributed by atoms with van der Waals surface area (Å²) >= 11 is 0. The second-order valence-corrected chi connectivity index (χ2v) is 10.4. The van der Waals surface area contributed by atoms with Gasteiger partial charge in [-0.1, -0.05) is 25.1 Å². The van der Waals surface area contributed by atoms with Crippen LogP contribution in [0.4, 0.5) is 10.1 Å². The van der Waals surface area contributed by atoms with Gasteiger partial charge in [0.15, 0.2) is 0 Å². The lowest BCUT2D eigenvalue weighted by Crippen LogP contribution is -2.32. The number of ether oxygens (including phenoxy) is 1. The summed E-state index contributed by atoms with van der Waals surface area (Å²) in [6, 6.07) is 10.6. The molecule has 38 heavy (non-hydrogen) atoms. The number of hydrogen-bond acceptors (Lipinski definition) is 7. The van der Waals surface area contributed by atoms with Crippen LogP contribution >= 0.6 is 0 Å². The highest BCUT2D eigenvalue weighted by Crippen LogP contribution is 2.31. The molecule has 0 bridgehead atoms. The third kappa shape index (κ3) is 5.21. The van der Waals surface area contributed by atoms with E-state index in [4.69, 9.17) is 4.74 Å². The Morgan fingerprint density at radius 3 is 2.63 bits per heavy atom. The number of carbonyl (C=O) groups excluding carboxylic acids is 1. The van der Waals surface area contributed by atoms with E-state index in [1.165, 1.54) is 62.4 Å². The van der Waals surface area contributed by atoms with E-state index in [1.807, 2.05) is 0 Å². The molecule has 4 aromatic rings. The number of anilines is 1. The van der Waals surface area contributed by atoms with E-state index in [0.29, 0.717) is 22.0 Å². The van der Waals surface area contributed by atoms with Crippen LogP contribution in [-0.4, -0.2) is 43.0 Å². The molecule has 0 saturated heterocycles. The van der Waals surface area contributed by atoms with Crippen LogP contribution in [0.25, 0.3) is 22.0 Å². The number of halogens is 1. The second-order valence-electron chi connectivity index (χ2n) is 8.72. The van der Waals surface area contributed by atoms with Crippen LogP contribution in [0.3, 0.4) is 0 Å². The van der Waals surface area contributed by atoms with Crippen molar-refractivity contribution in [1.29, 1.82) is 0 Å². The van der Waals surface area contributed by atoms with E-state index in [-0.39, 0.29) is 35.1 Å². The van der Waals surface area contributed by atoms with Gasteiger partial charge in [0, 0.05) is 25.4 Å². The number of aromatic nitrogens is 3. The van der Waals surface area contributed by atoms with Crippen LogP contribution < -0.4 is 20.3 Å². The Bertz CT molecular complexity index is 1700. The smallest absolute Gasteiger partial charge is 0.265 e. The number of fused-ring (bicyclic) bond motifs is 1. The molecule has 0 aliphatic carbocycles. The first-order valence-electron chi connectivity index (χ1n) is 11.6. The zero-order chi connectivity index (χ0) is 27.6. The summed E-state index contributed by atoms with van der Waals surface area (Å²) in [6.45, 7) is 3.33. The monoisotopic (exact) mass is 539 g/mol. The summed E-state index contributed by atoms with van der Waals surface area (Å²) in [4.78, 5) is 33.1. The molecular formula is C26H26FN5O5S. The van der Waals surface area contributed by atoms with Gasteiger partial charge in [-0.05, 0) is 42.3 Å². The molecule has 12 heteroatoms. The van der Waals surface area contributed by atoms with Crippen LogP contribution in [0, 0.1) is 18.7 Å². The van der Waals surface area contributed by atoms with Gasteiger partial charge in [0.2, 0.25) is 11.8 Å². The molecule has 198 valence electrons. The predicted molar refractivity (Wildman–Crippen MR) is 141 cm³/mol. The van der Waals surface area contributed by atoms with Crippen molar-refractivity contribution in [2.75, 3.05) is 18.9 Å². The maximum Gasteiger partial charge on any atom is 0.265 e. The number of sulfonamides is 1. The molecular weight excluding hydrogens is 513 g/mol. The number of nitrogens with one attached hydrogen (secondary N) is 2. The van der Waals surface area contributed by atoms with E-state index in [9.17, 15) is 22.4 Å². The summed E-state index contributed by atoms with van der Waals surface area (Å²) in [6.07, 6.45) is 2.86. The van der Waals surface area contributed by atoms with Crippen LogP contribution in [-0.2, 0) is 21.4 Å². The summed E-state index contributed by atoms with van der Waals surface area (Å²) < 4.78 is 49.5. The fourth-order valence-electron chi connectivity index (χ4n) is 3.97. The number of rotatable bonds is 8. The van der Waals surface area contributed by atoms with Gasteiger partial charge >= 0.3 is 0 Å². The summed E-state index contributed by atoms with van der Waals surface area (Å²) in [5.41, 5.74) is 1.35. The first kappa shape index (κ1) is 26.7. The molecule has 4 rings (SSSR count). The van der Waals surface area contributed by atoms with Crippen molar-refractivity contribution in [3.63, 3.8) is 0 Å². The van der Waals surface area contributed by atoms with Crippen LogP contribution in [0.5, 0.6) is 5.88 Å². The zero-order valence-corrected chi connectivity index (χ0v) is 22.0. The van der Waals surface area contributed by atoms with E-state index in [0.717, 1.165) is 0 Å². The summed E-state index contributed by atoms with van der Waals surface area (Å²) in [5.74, 6) is -1.51. The number of nitrogens with zero attached hydrogens (tertiary/aromatic N) is 3. The molecule has 1 atom stereocenters. The van der Waals surface area contributed by atoms with Crippen molar-refractivity contribution in [3.05, 3.63) is 76.7 Å². The van der Waals surface area contributed by atoms with E-state index in [2.05, 4.69) is 20.0 Å². The highest BCUT2D eigenvalue weighted by Gasteiger charge is 2.23. The predicted octanol–water partition coefficient (Wildman–Crippen LogP) is 3.10. The summed E-state index contributed by atoms with van der Waals surface area (Å²) in [5, 5.41) is 2.87. The fourth-order valence-corrected chi connectivity index (χ4v) is 5.17. The van der Waals surface area contributed by atoms with Crippen molar-refractivity contribution >= 4 is 32.5 Å². The molecule has 1 amide bonds. The van der Waals surface area contributed by atoms with Gasteiger partial charge in [-0.25, -0.2) is 22.8 Å². The van der Waals surface area contributed by atoms with Gasteiger partial charge in [0.05, 0.1) is 30.3 Å². The van der Waals surface area contributed by atoms with Gasteiger partial charge < -0.3 is 10.1 Å². The van der Waals surface area contributed by atoms with Crippen molar-refractivity contribution in [2.24, 2.45) is 5.92 Å². The number of hydrogen-bond donors (Lipinski definition) is 2. The number of benzene rings is 2. The minimum absolute atomic E-state index is 0.00555. The molecule has 0 radical (unpaired) electrons. The Balaban J connectivity index is 1.74. The highest BCUT2D eigenvalue weighted by molar-refractivity contribution is 7.92. The van der Waals surface area contributed by atoms with Gasteiger partial charge in [-0.15, -0.1) is 0 Å². The molecule has 2 heterocycles. The average Bonchev–Trinajstić information content (AvgIpc) is 2.90. The quantitative estimate of drug-likeness (QED) is 0.352. The van der Waals surface area contributed by atoms with Gasteiger partial charge in [0.25, 0.3) is 15.6 Å². The molecule has 0 saturated carbocycles. The van der Waals surface area contributed by atoms with Crippen LogP contribution in [0.2, 0.25) is 0 Å². The van der Waals surface area contributed by atoms with Crippen LogP contribution in [0.15, 0.2) is 64.7 Å². The standard InChI is InChI=1S/C26H26FN5O5S/c1-15-6-5-7-22(23(15)27)38(35,36)31-21-11-18(12-29-25(21)37-4)17-8-9-20-19(10-17)26(34)32(14-30-20)13-16(2)24(33)28-3/h5-12,14,16,31H,13H2,1-4H3,(H,28,33)/t16-/m1/s1. The Morgan fingerprint density at radius 2 is 1.92 bits per heavy atom. The molecule has 10 nitrogen and oxygen atoms in total. The third-order valence-electron chi connectivity index (χ3n) is 6.06. The first-order valence-corrected chi connectivity index (χ1v) is 13.1. The molecule has 0 fully saturated rings. The zero-order valence-electron chi connectivity index (χ0n) is 21.1. The van der Waals surface area contributed by atoms with Gasteiger partial charge in [0.1, 0.15) is 16.4 Å². The Morgan fingerprint density at radius 1 is 1.16 bits per heavy atom. The van der Waals surface area contributed by atoms with E-state index < -0.39 is 26.7 Å². The molecule has 0 aliphatic rings. The van der Waals surface area contributed by atoms with Crippen LogP contribution in [0.1, 0.15) is 12.5 Å². The number of aryl methyl sites for hydroxylation is 1. The van der Waals surface area contributed by atoms with Crippen molar-refractivity contribution in [1.82, 2.24) is 19.9 Å².